The van der Waals surface area contributed by atoms with E-state index in [0.29, 0.717) is 35.1 Å². The van der Waals surface area contributed by atoms with Gasteiger partial charge in [0.15, 0.2) is 0 Å². The molecule has 1 fully saturated rings. The van der Waals surface area contributed by atoms with Crippen LogP contribution in [0.5, 0.6) is 0 Å². The molecule has 3 aromatic rings. The highest BCUT2D eigenvalue weighted by Crippen LogP contribution is 2.22. The Labute approximate surface area is 201 Å². The molecule has 4 rings (SSSR count). The number of urea groups is 1. The quantitative estimate of drug-likeness (QED) is 0.511. The molecule has 1 atom stereocenters. The van der Waals surface area contributed by atoms with E-state index in [1.807, 2.05) is 18.2 Å². The number of anilines is 2. The lowest BCUT2D eigenvalue weighted by Gasteiger charge is -2.40. The Bertz CT molecular complexity index is 1230. The van der Waals surface area contributed by atoms with Crippen molar-refractivity contribution in [1.82, 2.24) is 25.1 Å². The van der Waals surface area contributed by atoms with Crippen molar-refractivity contribution >= 4 is 51.9 Å². The first-order valence-electron chi connectivity index (χ1n) is 10.7. The molecular formula is C23H24ClN7O3. The van der Waals surface area contributed by atoms with Crippen molar-refractivity contribution in [2.45, 2.75) is 19.0 Å². The number of piperazine rings is 1. The van der Waals surface area contributed by atoms with E-state index in [1.54, 1.807) is 29.2 Å². The predicted molar refractivity (Wildman–Crippen MR) is 129 cm³/mol. The van der Waals surface area contributed by atoms with E-state index < -0.39 is 12.1 Å². The van der Waals surface area contributed by atoms with Crippen molar-refractivity contribution in [3.05, 3.63) is 59.4 Å². The number of nitrogens with zero attached hydrogens (tertiary/aromatic N) is 4. The maximum absolute atomic E-state index is 13.4. The fourth-order valence-electron chi connectivity index (χ4n) is 3.88. The molecule has 10 nitrogen and oxygen atoms in total. The minimum absolute atomic E-state index is 0.138. The number of nitrogens with one attached hydrogen (secondary N) is 2. The summed E-state index contributed by atoms with van der Waals surface area (Å²) < 4.78 is 0. The standard InChI is InChI=1S/C23H24ClN7O3/c1-26-20(32)11-19-22(33)30(12-14-2-7-17-18(10-14)27-13-28-21(17)25)8-9-31(19)23(34)29-16-5-3-15(24)4-6-16/h2-7,10,13,19H,8-9,11-12H2,1H3,(H,26,32)(H,29,34)(H2,25,27,28)/t19-/m0/s1. The van der Waals surface area contributed by atoms with E-state index >= 15 is 0 Å². The van der Waals surface area contributed by atoms with Crippen LogP contribution >= 0.6 is 11.6 Å². The summed E-state index contributed by atoms with van der Waals surface area (Å²) in [7, 11) is 1.49. The number of fused-ring (bicyclic) bond motifs is 1. The number of carbonyl (C=O) groups excluding carboxylic acids is 3. The van der Waals surface area contributed by atoms with E-state index in [4.69, 9.17) is 17.3 Å². The van der Waals surface area contributed by atoms with Crippen molar-refractivity contribution in [3.63, 3.8) is 0 Å². The third kappa shape index (κ3) is 5.01. The lowest BCUT2D eigenvalue weighted by Crippen LogP contribution is -2.60. The normalized spacial score (nSPS) is 15.9. The molecule has 0 unspecified atom stereocenters. The number of halogens is 1. The number of amides is 4. The van der Waals surface area contributed by atoms with Crippen molar-refractivity contribution in [1.29, 1.82) is 0 Å². The third-order valence-electron chi connectivity index (χ3n) is 5.70. The molecule has 1 aliphatic rings. The SMILES string of the molecule is CNC(=O)C[C@H]1C(=O)N(Cc2ccc3c(N)ncnc3c2)CCN1C(=O)Nc1ccc(Cl)cc1. The first kappa shape index (κ1) is 23.2. The average Bonchev–Trinajstić information content (AvgIpc) is 2.83. The summed E-state index contributed by atoms with van der Waals surface area (Å²) in [5.41, 5.74) is 7.97. The first-order valence-corrected chi connectivity index (χ1v) is 11.0. The maximum Gasteiger partial charge on any atom is 0.322 e. The fourth-order valence-corrected chi connectivity index (χ4v) is 4.01. The highest BCUT2D eigenvalue weighted by atomic mass is 35.5. The van der Waals surface area contributed by atoms with Crippen LogP contribution in [0.25, 0.3) is 10.9 Å². The van der Waals surface area contributed by atoms with Gasteiger partial charge in [-0.25, -0.2) is 14.8 Å². The van der Waals surface area contributed by atoms with Gasteiger partial charge in [-0.3, -0.25) is 9.59 Å². The third-order valence-corrected chi connectivity index (χ3v) is 5.95. The highest BCUT2D eigenvalue weighted by molar-refractivity contribution is 6.30. The van der Waals surface area contributed by atoms with Crippen LogP contribution in [0.4, 0.5) is 16.3 Å². The van der Waals surface area contributed by atoms with Gasteiger partial charge in [0.2, 0.25) is 11.8 Å². The van der Waals surface area contributed by atoms with Crippen LogP contribution < -0.4 is 16.4 Å². The fraction of sp³-hybridized carbons (Fsp3) is 0.261. The van der Waals surface area contributed by atoms with Gasteiger partial charge in [0.05, 0.1) is 11.9 Å². The highest BCUT2D eigenvalue weighted by Gasteiger charge is 2.38. The van der Waals surface area contributed by atoms with Crippen molar-refractivity contribution in [3.8, 4) is 0 Å². The van der Waals surface area contributed by atoms with Gasteiger partial charge in [-0.05, 0) is 42.0 Å². The molecule has 1 saturated heterocycles. The summed E-state index contributed by atoms with van der Waals surface area (Å²) in [6.45, 7) is 0.909. The zero-order chi connectivity index (χ0) is 24.2. The minimum atomic E-state index is -0.931. The zero-order valence-corrected chi connectivity index (χ0v) is 19.2. The van der Waals surface area contributed by atoms with Crippen molar-refractivity contribution < 1.29 is 14.4 Å². The van der Waals surface area contributed by atoms with E-state index in [1.165, 1.54) is 18.3 Å². The van der Waals surface area contributed by atoms with Gasteiger partial charge in [0.1, 0.15) is 18.2 Å². The smallest absolute Gasteiger partial charge is 0.322 e. The molecule has 4 N–H and O–H groups in total. The zero-order valence-electron chi connectivity index (χ0n) is 18.5. The van der Waals surface area contributed by atoms with Crippen LogP contribution in [0.3, 0.4) is 0 Å². The molecule has 2 aromatic carbocycles. The van der Waals surface area contributed by atoms with E-state index in [2.05, 4.69) is 20.6 Å². The van der Waals surface area contributed by atoms with Crippen LogP contribution in [0.2, 0.25) is 5.02 Å². The second kappa shape index (κ2) is 9.92. The van der Waals surface area contributed by atoms with Gasteiger partial charge in [-0.1, -0.05) is 17.7 Å². The molecular weight excluding hydrogens is 458 g/mol. The molecule has 34 heavy (non-hydrogen) atoms. The number of nitrogen functional groups attached to an aromatic ring is 1. The molecule has 0 aliphatic carbocycles. The van der Waals surface area contributed by atoms with Crippen LogP contribution in [-0.4, -0.2) is 63.8 Å². The number of nitrogens with two attached hydrogens (primary N) is 1. The van der Waals surface area contributed by atoms with Crippen LogP contribution in [0.15, 0.2) is 48.8 Å². The molecule has 176 valence electrons. The van der Waals surface area contributed by atoms with E-state index in [0.717, 1.165) is 10.9 Å². The Morgan fingerprint density at radius 3 is 2.65 bits per heavy atom. The number of hydrogen-bond donors (Lipinski definition) is 3. The Hall–Kier alpha value is -3.92. The Morgan fingerprint density at radius 1 is 1.15 bits per heavy atom. The number of aromatic nitrogens is 2. The summed E-state index contributed by atoms with van der Waals surface area (Å²) in [6, 6.07) is 10.8. The van der Waals surface area contributed by atoms with Gasteiger partial charge in [-0.15, -0.1) is 0 Å². The second-order valence-corrected chi connectivity index (χ2v) is 8.33. The van der Waals surface area contributed by atoms with Crippen molar-refractivity contribution in [2.75, 3.05) is 31.2 Å². The van der Waals surface area contributed by atoms with Crippen LogP contribution in [-0.2, 0) is 16.1 Å². The molecule has 2 heterocycles. The summed E-state index contributed by atoms with van der Waals surface area (Å²) in [5, 5.41) is 6.58. The number of carbonyl (C=O) groups is 3. The summed E-state index contributed by atoms with van der Waals surface area (Å²) in [5.74, 6) is -0.246. The van der Waals surface area contributed by atoms with Crippen molar-refractivity contribution in [2.24, 2.45) is 0 Å². The maximum atomic E-state index is 13.4. The monoisotopic (exact) mass is 481 g/mol. The Kier molecular flexibility index (Phi) is 6.78. The van der Waals surface area contributed by atoms with Crippen LogP contribution in [0, 0.1) is 0 Å². The van der Waals surface area contributed by atoms with Gasteiger partial charge in [0, 0.05) is 42.8 Å². The molecule has 4 amide bonds. The molecule has 0 radical (unpaired) electrons. The summed E-state index contributed by atoms with van der Waals surface area (Å²) >= 11 is 5.90. The lowest BCUT2D eigenvalue weighted by molar-refractivity contribution is -0.143. The molecule has 1 aromatic heterocycles. The molecule has 0 saturated carbocycles. The number of rotatable bonds is 5. The van der Waals surface area contributed by atoms with Crippen LogP contribution in [0.1, 0.15) is 12.0 Å². The molecule has 0 spiro atoms. The number of benzene rings is 2. The summed E-state index contributed by atoms with van der Waals surface area (Å²) in [6.07, 6.45) is 1.26. The lowest BCUT2D eigenvalue weighted by atomic mass is 10.1. The van der Waals surface area contributed by atoms with Gasteiger partial charge < -0.3 is 26.2 Å². The first-order chi connectivity index (χ1) is 16.4. The predicted octanol–water partition coefficient (Wildman–Crippen LogP) is 2.25. The largest absolute Gasteiger partial charge is 0.383 e. The summed E-state index contributed by atoms with van der Waals surface area (Å²) in [4.78, 5) is 49.8. The molecule has 11 heteroatoms. The van der Waals surface area contributed by atoms with E-state index in [9.17, 15) is 14.4 Å². The number of hydrogen-bond acceptors (Lipinski definition) is 6. The molecule has 0 bridgehead atoms. The van der Waals surface area contributed by atoms with Gasteiger partial charge in [0.25, 0.3) is 0 Å². The topological polar surface area (TPSA) is 134 Å². The Balaban J connectivity index is 1.52. The van der Waals surface area contributed by atoms with Gasteiger partial charge in [-0.2, -0.15) is 0 Å². The van der Waals surface area contributed by atoms with E-state index in [-0.39, 0.29) is 24.8 Å². The second-order valence-electron chi connectivity index (χ2n) is 7.89. The van der Waals surface area contributed by atoms with Gasteiger partial charge >= 0.3 is 6.03 Å². The Morgan fingerprint density at radius 2 is 1.91 bits per heavy atom. The average molecular weight is 482 g/mol. The minimum Gasteiger partial charge on any atom is -0.383 e. The molecule has 1 aliphatic heterocycles.